The van der Waals surface area contributed by atoms with Gasteiger partial charge in [-0.25, -0.2) is 0 Å². The fourth-order valence-corrected chi connectivity index (χ4v) is 3.99. The van der Waals surface area contributed by atoms with Crippen LogP contribution in [0.2, 0.25) is 0 Å². The number of ether oxygens (including phenoxy) is 1. The van der Waals surface area contributed by atoms with E-state index in [0.717, 1.165) is 35.3 Å². The zero-order valence-electron chi connectivity index (χ0n) is 21.5. The van der Waals surface area contributed by atoms with Crippen LogP contribution >= 0.6 is 0 Å². The van der Waals surface area contributed by atoms with Gasteiger partial charge in [0.25, 0.3) is 0 Å². The molecule has 2 rings (SSSR count). The number of hydrogen-bond donors (Lipinski definition) is 0. The maximum absolute atomic E-state index is 13.1. The first-order valence-electron chi connectivity index (χ1n) is 13.1. The van der Waals surface area contributed by atoms with Gasteiger partial charge in [-0.2, -0.15) is 0 Å². The van der Waals surface area contributed by atoms with Crippen LogP contribution in [0, 0.1) is 13.8 Å². The number of unbranched alkanes of at least 4 members (excludes halogenated alkanes) is 8. The Morgan fingerprint density at radius 1 is 0.647 bits per heavy atom. The number of aryl methyl sites for hydroxylation is 2. The summed E-state index contributed by atoms with van der Waals surface area (Å²) in [5, 5.41) is 0. The lowest BCUT2D eigenvalue weighted by molar-refractivity contribution is -0.143. The Morgan fingerprint density at radius 3 is 1.62 bits per heavy atom. The highest BCUT2D eigenvalue weighted by atomic mass is 16.5. The molecule has 0 aliphatic heterocycles. The number of hydrogen-bond acceptors (Lipinski definition) is 3. The number of anilines is 2. The minimum atomic E-state index is -0.204. The van der Waals surface area contributed by atoms with Crippen LogP contribution in [0.3, 0.4) is 0 Å². The van der Waals surface area contributed by atoms with Crippen molar-refractivity contribution in [2.24, 2.45) is 0 Å². The van der Waals surface area contributed by atoms with E-state index in [1.807, 2.05) is 62.4 Å². The van der Waals surface area contributed by atoms with Crippen LogP contribution in [0.25, 0.3) is 0 Å². The lowest BCUT2D eigenvalue weighted by Crippen LogP contribution is -2.25. The number of rotatable bonds is 16. The Bertz CT molecular complexity index is 797. The van der Waals surface area contributed by atoms with Gasteiger partial charge in [-0.05, 0) is 51.0 Å². The molecular formula is C30H43NO3. The Balaban J connectivity index is 1.70. The third kappa shape index (κ3) is 10.5. The third-order valence-electron chi connectivity index (χ3n) is 6.12. The summed E-state index contributed by atoms with van der Waals surface area (Å²) in [6.45, 7) is 6.79. The summed E-state index contributed by atoms with van der Waals surface area (Å²) in [5.41, 5.74) is 3.98. The van der Waals surface area contributed by atoms with Crippen molar-refractivity contribution in [3.05, 3.63) is 59.7 Å². The van der Waals surface area contributed by atoms with E-state index in [9.17, 15) is 9.59 Å². The van der Waals surface area contributed by atoms with E-state index >= 15 is 0 Å². The Hall–Kier alpha value is -2.62. The molecule has 0 N–H and O–H groups in total. The second kappa shape index (κ2) is 16.1. The lowest BCUT2D eigenvalue weighted by atomic mass is 10.1. The van der Waals surface area contributed by atoms with E-state index in [4.69, 9.17) is 4.74 Å². The first-order valence-corrected chi connectivity index (χ1v) is 13.1. The van der Waals surface area contributed by atoms with Crippen LogP contribution in [-0.4, -0.2) is 18.5 Å². The molecular weight excluding hydrogens is 422 g/mol. The molecule has 34 heavy (non-hydrogen) atoms. The largest absolute Gasteiger partial charge is 0.466 e. The van der Waals surface area contributed by atoms with E-state index in [2.05, 4.69) is 6.92 Å². The SMILES string of the molecule is CCCCCCCCCCCOC(=O)CCCC(=O)N(c1ccc(C)cc1)c1ccc(C)cc1. The molecule has 0 aliphatic carbocycles. The molecule has 0 heterocycles. The molecule has 4 heteroatoms. The van der Waals surface area contributed by atoms with Crippen LogP contribution in [0.5, 0.6) is 0 Å². The van der Waals surface area contributed by atoms with Crippen molar-refractivity contribution in [3.63, 3.8) is 0 Å². The summed E-state index contributed by atoms with van der Waals surface area (Å²) >= 11 is 0. The second-order valence-electron chi connectivity index (χ2n) is 9.30. The molecule has 0 unspecified atom stereocenters. The molecule has 0 atom stereocenters. The van der Waals surface area contributed by atoms with Gasteiger partial charge >= 0.3 is 5.97 Å². The van der Waals surface area contributed by atoms with Gasteiger partial charge < -0.3 is 4.74 Å². The molecule has 4 nitrogen and oxygen atoms in total. The predicted octanol–water partition coefficient (Wildman–Crippen LogP) is 8.21. The van der Waals surface area contributed by atoms with Crippen LogP contribution in [0.15, 0.2) is 48.5 Å². The van der Waals surface area contributed by atoms with Gasteiger partial charge in [0.1, 0.15) is 0 Å². The van der Waals surface area contributed by atoms with Crippen LogP contribution < -0.4 is 4.90 Å². The van der Waals surface area contributed by atoms with Gasteiger partial charge in [0.2, 0.25) is 5.91 Å². The fourth-order valence-electron chi connectivity index (χ4n) is 3.99. The topological polar surface area (TPSA) is 46.6 Å². The molecule has 0 aliphatic rings. The molecule has 0 radical (unpaired) electrons. The fraction of sp³-hybridized carbons (Fsp3) is 0.533. The summed E-state index contributed by atoms with van der Waals surface area (Å²) in [6, 6.07) is 15.9. The molecule has 0 fully saturated rings. The normalized spacial score (nSPS) is 10.8. The molecule has 2 aromatic rings. The van der Waals surface area contributed by atoms with Crippen molar-refractivity contribution in [2.45, 2.75) is 97.8 Å². The first kappa shape index (κ1) is 27.6. The Morgan fingerprint density at radius 2 is 1.12 bits per heavy atom. The summed E-state index contributed by atoms with van der Waals surface area (Å²) in [5.74, 6) is -0.218. The number of benzene rings is 2. The van der Waals surface area contributed by atoms with Crippen molar-refractivity contribution >= 4 is 23.3 Å². The van der Waals surface area contributed by atoms with Gasteiger partial charge in [0, 0.05) is 24.2 Å². The summed E-state index contributed by atoms with van der Waals surface area (Å²) in [6.07, 6.45) is 12.2. The minimum absolute atomic E-state index is 0.0144. The molecule has 0 saturated heterocycles. The lowest BCUT2D eigenvalue weighted by Gasteiger charge is -2.23. The number of nitrogens with zero attached hydrogens (tertiary/aromatic N) is 1. The highest BCUT2D eigenvalue weighted by Gasteiger charge is 2.18. The van der Waals surface area contributed by atoms with Crippen LogP contribution in [-0.2, 0) is 14.3 Å². The smallest absolute Gasteiger partial charge is 0.305 e. The monoisotopic (exact) mass is 465 g/mol. The standard InChI is InChI=1S/C30H43NO3/c1-4-5-6-7-8-9-10-11-12-24-34-30(33)15-13-14-29(32)31(27-20-16-25(2)17-21-27)28-22-18-26(3)19-23-28/h16-23H,4-15,24H2,1-3H3. The zero-order chi connectivity index (χ0) is 24.6. The average molecular weight is 466 g/mol. The summed E-state index contributed by atoms with van der Waals surface area (Å²) < 4.78 is 5.38. The number of esters is 1. The highest BCUT2D eigenvalue weighted by molar-refractivity contribution is 6.00. The number of amides is 1. The summed E-state index contributed by atoms with van der Waals surface area (Å²) in [7, 11) is 0. The maximum Gasteiger partial charge on any atom is 0.305 e. The number of carbonyl (C=O) groups is 2. The van der Waals surface area contributed by atoms with Crippen LogP contribution in [0.4, 0.5) is 11.4 Å². The van der Waals surface area contributed by atoms with E-state index < -0.39 is 0 Å². The first-order chi connectivity index (χ1) is 16.5. The highest BCUT2D eigenvalue weighted by Crippen LogP contribution is 2.27. The van der Waals surface area contributed by atoms with Gasteiger partial charge in [-0.3, -0.25) is 14.5 Å². The van der Waals surface area contributed by atoms with Crippen molar-refractivity contribution in [1.82, 2.24) is 0 Å². The zero-order valence-corrected chi connectivity index (χ0v) is 21.5. The minimum Gasteiger partial charge on any atom is -0.466 e. The van der Waals surface area contributed by atoms with Crippen LogP contribution in [0.1, 0.15) is 95.1 Å². The molecule has 0 bridgehead atoms. The average Bonchev–Trinajstić information content (AvgIpc) is 2.83. The summed E-state index contributed by atoms with van der Waals surface area (Å²) in [4.78, 5) is 27.0. The van der Waals surface area contributed by atoms with Crippen molar-refractivity contribution < 1.29 is 14.3 Å². The third-order valence-corrected chi connectivity index (χ3v) is 6.12. The van der Waals surface area contributed by atoms with Crippen molar-refractivity contribution in [2.75, 3.05) is 11.5 Å². The second-order valence-corrected chi connectivity index (χ2v) is 9.30. The quantitative estimate of drug-likeness (QED) is 0.185. The molecule has 2 aromatic carbocycles. The molecule has 0 saturated carbocycles. The molecule has 186 valence electrons. The van der Waals surface area contributed by atoms with Gasteiger partial charge in [0.05, 0.1) is 6.61 Å². The number of carbonyl (C=O) groups excluding carboxylic acids is 2. The van der Waals surface area contributed by atoms with Gasteiger partial charge in [-0.15, -0.1) is 0 Å². The molecule has 0 spiro atoms. The van der Waals surface area contributed by atoms with E-state index in [1.165, 1.54) is 44.9 Å². The maximum atomic E-state index is 13.1. The van der Waals surface area contributed by atoms with E-state index in [1.54, 1.807) is 4.90 Å². The molecule has 1 amide bonds. The van der Waals surface area contributed by atoms with Crippen molar-refractivity contribution in [3.8, 4) is 0 Å². The molecule has 0 aromatic heterocycles. The Labute approximate surface area is 206 Å². The predicted molar refractivity (Wildman–Crippen MR) is 142 cm³/mol. The van der Waals surface area contributed by atoms with E-state index in [0.29, 0.717) is 19.4 Å². The van der Waals surface area contributed by atoms with Gasteiger partial charge in [-0.1, -0.05) is 93.7 Å². The van der Waals surface area contributed by atoms with Gasteiger partial charge in [0.15, 0.2) is 0 Å². The van der Waals surface area contributed by atoms with E-state index in [-0.39, 0.29) is 18.3 Å². The van der Waals surface area contributed by atoms with Crippen molar-refractivity contribution in [1.29, 1.82) is 0 Å². The Kier molecular flexibility index (Phi) is 13.1.